The molecule has 0 atom stereocenters. The lowest BCUT2D eigenvalue weighted by Gasteiger charge is -2.29. The molecule has 1 saturated heterocycles. The van der Waals surface area contributed by atoms with E-state index in [1.807, 2.05) is 6.92 Å². The molecule has 1 aliphatic heterocycles. The van der Waals surface area contributed by atoms with Crippen LogP contribution >= 0.6 is 0 Å². The number of nitrogens with one attached hydrogen (secondary N) is 1. The van der Waals surface area contributed by atoms with Crippen LogP contribution in [0.1, 0.15) is 38.0 Å². The lowest BCUT2D eigenvalue weighted by atomic mass is 9.97. The Bertz CT molecular complexity index is 347. The molecule has 1 aromatic rings. The van der Waals surface area contributed by atoms with E-state index in [1.54, 1.807) is 0 Å². The van der Waals surface area contributed by atoms with Crippen LogP contribution in [0.25, 0.3) is 0 Å². The van der Waals surface area contributed by atoms with Crippen LogP contribution in [0.4, 0.5) is 0 Å². The second-order valence-corrected chi connectivity index (χ2v) is 5.14. The van der Waals surface area contributed by atoms with Gasteiger partial charge in [-0.05, 0) is 44.8 Å². The monoisotopic (exact) mass is 252 g/mol. The molecule has 0 amide bonds. The van der Waals surface area contributed by atoms with Gasteiger partial charge in [0.25, 0.3) is 0 Å². The average molecular weight is 252 g/mol. The molecule has 0 radical (unpaired) electrons. The quantitative estimate of drug-likeness (QED) is 0.833. The summed E-state index contributed by atoms with van der Waals surface area (Å²) >= 11 is 0. The SMILES string of the molecule is CCCN(Cc1nnc(C)o1)CC1CCNCC1. The molecular formula is C13H24N4O. The number of piperidine rings is 1. The van der Waals surface area contributed by atoms with Gasteiger partial charge in [-0.3, -0.25) is 4.90 Å². The first-order valence-electron chi connectivity index (χ1n) is 7.00. The predicted octanol–water partition coefficient (Wildman–Crippen LogP) is 1.59. The first-order valence-corrected chi connectivity index (χ1v) is 7.00. The zero-order chi connectivity index (χ0) is 12.8. The Morgan fingerprint density at radius 3 is 2.72 bits per heavy atom. The normalized spacial score (nSPS) is 17.5. The van der Waals surface area contributed by atoms with Crippen LogP contribution in [-0.4, -0.2) is 41.3 Å². The molecule has 1 aromatic heterocycles. The number of aryl methyl sites for hydroxylation is 1. The maximum Gasteiger partial charge on any atom is 0.230 e. The summed E-state index contributed by atoms with van der Waals surface area (Å²) in [5, 5.41) is 11.4. The molecule has 0 bridgehead atoms. The van der Waals surface area contributed by atoms with Gasteiger partial charge in [-0.1, -0.05) is 6.92 Å². The Morgan fingerprint density at radius 1 is 1.33 bits per heavy atom. The summed E-state index contributed by atoms with van der Waals surface area (Å²) in [4.78, 5) is 2.45. The van der Waals surface area contributed by atoms with Gasteiger partial charge in [0.05, 0.1) is 6.54 Å². The predicted molar refractivity (Wildman–Crippen MR) is 70.2 cm³/mol. The fourth-order valence-corrected chi connectivity index (χ4v) is 2.57. The number of aromatic nitrogens is 2. The minimum Gasteiger partial charge on any atom is -0.424 e. The zero-order valence-electron chi connectivity index (χ0n) is 11.5. The molecule has 1 aliphatic rings. The van der Waals surface area contributed by atoms with Crippen molar-refractivity contribution in [1.29, 1.82) is 0 Å². The average Bonchev–Trinajstić information content (AvgIpc) is 2.76. The summed E-state index contributed by atoms with van der Waals surface area (Å²) in [6.07, 6.45) is 3.73. The molecule has 2 heterocycles. The van der Waals surface area contributed by atoms with Crippen molar-refractivity contribution in [3.63, 3.8) is 0 Å². The lowest BCUT2D eigenvalue weighted by molar-refractivity contribution is 0.183. The smallest absolute Gasteiger partial charge is 0.230 e. The Morgan fingerprint density at radius 2 is 2.11 bits per heavy atom. The summed E-state index contributed by atoms with van der Waals surface area (Å²) < 4.78 is 5.47. The van der Waals surface area contributed by atoms with Crippen molar-refractivity contribution in [3.05, 3.63) is 11.8 Å². The molecule has 18 heavy (non-hydrogen) atoms. The molecule has 0 saturated carbocycles. The zero-order valence-corrected chi connectivity index (χ0v) is 11.5. The van der Waals surface area contributed by atoms with Crippen molar-refractivity contribution in [2.45, 2.75) is 39.7 Å². The van der Waals surface area contributed by atoms with Crippen molar-refractivity contribution in [3.8, 4) is 0 Å². The Hall–Kier alpha value is -0.940. The minimum atomic E-state index is 0.656. The second kappa shape index (κ2) is 6.85. The van der Waals surface area contributed by atoms with Crippen LogP contribution < -0.4 is 5.32 Å². The van der Waals surface area contributed by atoms with Gasteiger partial charge >= 0.3 is 0 Å². The third-order valence-corrected chi connectivity index (χ3v) is 3.44. The van der Waals surface area contributed by atoms with Gasteiger partial charge in [0.15, 0.2) is 0 Å². The Balaban J connectivity index is 1.86. The van der Waals surface area contributed by atoms with E-state index in [0.29, 0.717) is 5.89 Å². The largest absolute Gasteiger partial charge is 0.424 e. The summed E-state index contributed by atoms with van der Waals surface area (Å²) in [5.41, 5.74) is 0. The van der Waals surface area contributed by atoms with Crippen molar-refractivity contribution >= 4 is 0 Å². The standard InChI is InChI=1S/C13H24N4O/c1-3-8-17(9-12-4-6-14-7-5-12)10-13-16-15-11(2)18-13/h12,14H,3-10H2,1-2H3. The third kappa shape index (κ3) is 4.07. The van der Waals surface area contributed by atoms with E-state index in [4.69, 9.17) is 4.42 Å². The highest BCUT2D eigenvalue weighted by atomic mass is 16.4. The van der Waals surface area contributed by atoms with E-state index in [1.165, 1.54) is 12.8 Å². The number of rotatable bonds is 6. The fourth-order valence-electron chi connectivity index (χ4n) is 2.57. The van der Waals surface area contributed by atoms with Gasteiger partial charge in [-0.2, -0.15) is 0 Å². The molecule has 5 nitrogen and oxygen atoms in total. The second-order valence-electron chi connectivity index (χ2n) is 5.14. The van der Waals surface area contributed by atoms with Crippen LogP contribution in [0, 0.1) is 12.8 Å². The molecule has 0 aromatic carbocycles. The van der Waals surface area contributed by atoms with E-state index >= 15 is 0 Å². The Labute approximate surface area is 109 Å². The summed E-state index contributed by atoms with van der Waals surface area (Å²) in [6.45, 7) is 9.41. The maximum atomic E-state index is 5.47. The molecule has 5 heteroatoms. The van der Waals surface area contributed by atoms with E-state index in [-0.39, 0.29) is 0 Å². The molecule has 1 fully saturated rings. The molecule has 0 unspecified atom stereocenters. The highest BCUT2D eigenvalue weighted by Crippen LogP contribution is 2.15. The number of hydrogen-bond acceptors (Lipinski definition) is 5. The van der Waals surface area contributed by atoms with Gasteiger partial charge in [-0.25, -0.2) is 0 Å². The van der Waals surface area contributed by atoms with Gasteiger partial charge in [0.2, 0.25) is 11.8 Å². The molecule has 0 aliphatic carbocycles. The van der Waals surface area contributed by atoms with E-state index in [0.717, 1.165) is 51.0 Å². The first-order chi connectivity index (χ1) is 8.78. The van der Waals surface area contributed by atoms with Crippen molar-refractivity contribution < 1.29 is 4.42 Å². The van der Waals surface area contributed by atoms with Gasteiger partial charge < -0.3 is 9.73 Å². The summed E-state index contributed by atoms with van der Waals surface area (Å²) in [6, 6.07) is 0. The Kier molecular flexibility index (Phi) is 5.13. The fraction of sp³-hybridized carbons (Fsp3) is 0.846. The summed E-state index contributed by atoms with van der Waals surface area (Å²) in [7, 11) is 0. The molecule has 2 rings (SSSR count). The van der Waals surface area contributed by atoms with Crippen LogP contribution in [0.15, 0.2) is 4.42 Å². The van der Waals surface area contributed by atoms with Gasteiger partial charge in [0, 0.05) is 13.5 Å². The summed E-state index contributed by atoms with van der Waals surface area (Å²) in [5.74, 6) is 2.21. The van der Waals surface area contributed by atoms with Crippen molar-refractivity contribution in [2.75, 3.05) is 26.2 Å². The van der Waals surface area contributed by atoms with Gasteiger partial charge in [0.1, 0.15) is 0 Å². The highest BCUT2D eigenvalue weighted by Gasteiger charge is 2.18. The van der Waals surface area contributed by atoms with Crippen LogP contribution in [0.2, 0.25) is 0 Å². The third-order valence-electron chi connectivity index (χ3n) is 3.44. The minimum absolute atomic E-state index is 0.656. The number of hydrogen-bond donors (Lipinski definition) is 1. The van der Waals surface area contributed by atoms with E-state index in [2.05, 4.69) is 27.3 Å². The van der Waals surface area contributed by atoms with Crippen LogP contribution in [0.3, 0.4) is 0 Å². The maximum absolute atomic E-state index is 5.47. The highest BCUT2D eigenvalue weighted by molar-refractivity contribution is 4.81. The molecular weight excluding hydrogens is 228 g/mol. The van der Waals surface area contributed by atoms with E-state index < -0.39 is 0 Å². The molecule has 0 spiro atoms. The topological polar surface area (TPSA) is 54.2 Å². The van der Waals surface area contributed by atoms with Crippen molar-refractivity contribution in [1.82, 2.24) is 20.4 Å². The molecule has 102 valence electrons. The number of nitrogens with zero attached hydrogens (tertiary/aromatic N) is 3. The van der Waals surface area contributed by atoms with Crippen LogP contribution in [-0.2, 0) is 6.54 Å². The van der Waals surface area contributed by atoms with Crippen molar-refractivity contribution in [2.24, 2.45) is 5.92 Å². The molecule has 1 N–H and O–H groups in total. The first kappa shape index (κ1) is 13.5. The van der Waals surface area contributed by atoms with Gasteiger partial charge in [-0.15, -0.1) is 10.2 Å². The lowest BCUT2D eigenvalue weighted by Crippen LogP contribution is -2.36. The van der Waals surface area contributed by atoms with E-state index in [9.17, 15) is 0 Å². The van der Waals surface area contributed by atoms with Crippen LogP contribution in [0.5, 0.6) is 0 Å².